The minimum atomic E-state index is -0.511. The van der Waals surface area contributed by atoms with Gasteiger partial charge in [-0.05, 0) is 109 Å². The topological polar surface area (TPSA) is 57.5 Å². The summed E-state index contributed by atoms with van der Waals surface area (Å²) in [6.45, 7) is 14.7. The van der Waals surface area contributed by atoms with E-state index in [1.807, 2.05) is 0 Å². The molecule has 0 spiro atoms. The number of carbonyl (C=O) groups is 1. The van der Waals surface area contributed by atoms with Gasteiger partial charge in [0.15, 0.2) is 0 Å². The fraction of sp³-hybridized carbons (Fsp3) is 0.897. The Morgan fingerprint density at radius 1 is 0.906 bits per heavy atom. The Morgan fingerprint density at radius 3 is 2.31 bits per heavy atom. The molecule has 10 atom stereocenters. The first kappa shape index (κ1) is 21.7. The average Bonchev–Trinajstić information content (AvgIpc) is 3.08. The molecule has 5 fully saturated rings. The highest BCUT2D eigenvalue weighted by Gasteiger charge is 2.77. The third kappa shape index (κ3) is 2.05. The number of fused-ring (bicyclic) bond motifs is 6. The molecule has 3 heteroatoms. The van der Waals surface area contributed by atoms with Gasteiger partial charge in [0.2, 0.25) is 0 Å². The minimum absolute atomic E-state index is 0.0230. The van der Waals surface area contributed by atoms with Gasteiger partial charge in [-0.2, -0.15) is 0 Å². The molecule has 0 saturated heterocycles. The zero-order chi connectivity index (χ0) is 23.1. The number of aliphatic hydroxyl groups is 1. The lowest BCUT2D eigenvalue weighted by atomic mass is 9.34. The van der Waals surface area contributed by atoms with E-state index in [-0.39, 0.29) is 39.1 Å². The molecular formula is C29H44O3. The second-order valence-electron chi connectivity index (χ2n) is 14.7. The van der Waals surface area contributed by atoms with Crippen molar-refractivity contribution in [1.82, 2.24) is 0 Å². The molecule has 2 N–H and O–H groups in total. The van der Waals surface area contributed by atoms with Crippen LogP contribution in [0.15, 0.2) is 11.6 Å². The maximum Gasteiger partial charge on any atom is 0.310 e. The first-order valence-electron chi connectivity index (χ1n) is 13.4. The number of carboxylic acid groups (broad SMARTS) is 1. The van der Waals surface area contributed by atoms with Gasteiger partial charge in [-0.15, -0.1) is 0 Å². The van der Waals surface area contributed by atoms with Crippen molar-refractivity contribution in [3.63, 3.8) is 0 Å². The van der Waals surface area contributed by atoms with Gasteiger partial charge < -0.3 is 10.2 Å². The van der Waals surface area contributed by atoms with E-state index in [9.17, 15) is 15.0 Å². The largest absolute Gasteiger partial charge is 0.481 e. The highest BCUT2D eigenvalue weighted by molar-refractivity contribution is 5.78. The van der Waals surface area contributed by atoms with Crippen LogP contribution in [0, 0.1) is 56.2 Å². The zero-order valence-electron chi connectivity index (χ0n) is 21.1. The Balaban J connectivity index is 1.47. The van der Waals surface area contributed by atoms with Crippen LogP contribution in [-0.4, -0.2) is 22.3 Å². The molecule has 3 nitrogen and oxygen atoms in total. The molecule has 5 saturated carbocycles. The lowest BCUT2D eigenvalue weighted by Gasteiger charge is -2.70. The first-order chi connectivity index (χ1) is 14.8. The van der Waals surface area contributed by atoms with Crippen molar-refractivity contribution in [3.8, 4) is 0 Å². The van der Waals surface area contributed by atoms with Crippen LogP contribution in [-0.2, 0) is 4.79 Å². The Morgan fingerprint density at radius 2 is 1.62 bits per heavy atom. The quantitative estimate of drug-likeness (QED) is 0.460. The van der Waals surface area contributed by atoms with Crippen LogP contribution in [0.1, 0.15) is 99.3 Å². The van der Waals surface area contributed by atoms with Crippen molar-refractivity contribution in [2.45, 2.75) is 105 Å². The fourth-order valence-electron chi connectivity index (χ4n) is 11.8. The summed E-state index contributed by atoms with van der Waals surface area (Å²) in [5, 5.41) is 21.4. The predicted octanol–water partition coefficient (Wildman–Crippen LogP) is 6.45. The third-order valence-electron chi connectivity index (χ3n) is 13.7. The number of rotatable bonds is 1. The van der Waals surface area contributed by atoms with E-state index in [0.717, 1.165) is 44.9 Å². The maximum atomic E-state index is 12.8. The molecule has 4 bridgehead atoms. The molecule has 0 aromatic rings. The van der Waals surface area contributed by atoms with Crippen LogP contribution in [0.25, 0.3) is 0 Å². The molecule has 6 aliphatic rings. The van der Waals surface area contributed by atoms with Crippen molar-refractivity contribution in [2.24, 2.45) is 56.2 Å². The van der Waals surface area contributed by atoms with Crippen molar-refractivity contribution in [2.75, 3.05) is 0 Å². The monoisotopic (exact) mass is 440 g/mol. The SMILES string of the molecule is CC1(C)[C@@H](O)CC[C@]2(C)[C@H]3CC=C4[C@@H]5C[C@@]6(C)CC[C@]5(C(=O)O)[C@H]6C[C@@]4(C)[C@]3(C)CC[C@@H]12. The van der Waals surface area contributed by atoms with E-state index in [1.165, 1.54) is 18.4 Å². The van der Waals surface area contributed by atoms with Crippen LogP contribution < -0.4 is 0 Å². The molecule has 6 rings (SSSR count). The Hall–Kier alpha value is -0.830. The summed E-state index contributed by atoms with van der Waals surface area (Å²) in [5.74, 6) is 1.25. The average molecular weight is 441 g/mol. The molecule has 32 heavy (non-hydrogen) atoms. The second-order valence-corrected chi connectivity index (χ2v) is 14.7. The zero-order valence-corrected chi connectivity index (χ0v) is 21.1. The van der Waals surface area contributed by atoms with Crippen molar-refractivity contribution in [1.29, 1.82) is 0 Å². The van der Waals surface area contributed by atoms with E-state index in [0.29, 0.717) is 17.8 Å². The van der Waals surface area contributed by atoms with E-state index in [1.54, 1.807) is 0 Å². The minimum Gasteiger partial charge on any atom is -0.481 e. The molecule has 6 aliphatic carbocycles. The van der Waals surface area contributed by atoms with E-state index in [4.69, 9.17) is 0 Å². The summed E-state index contributed by atoms with van der Waals surface area (Å²) in [5.41, 5.74) is 1.80. The third-order valence-corrected chi connectivity index (χ3v) is 13.7. The number of carboxylic acids is 1. The number of hydrogen-bond acceptors (Lipinski definition) is 2. The van der Waals surface area contributed by atoms with Gasteiger partial charge in [-0.1, -0.05) is 53.2 Å². The smallest absolute Gasteiger partial charge is 0.310 e. The Labute approximate surface area is 194 Å². The molecule has 0 heterocycles. The van der Waals surface area contributed by atoms with Crippen molar-refractivity contribution < 1.29 is 15.0 Å². The summed E-state index contributed by atoms with van der Waals surface area (Å²) in [4.78, 5) is 12.8. The van der Waals surface area contributed by atoms with Gasteiger partial charge in [-0.25, -0.2) is 0 Å². The normalized spacial score (nSPS) is 59.6. The van der Waals surface area contributed by atoms with Gasteiger partial charge in [0.1, 0.15) is 0 Å². The molecule has 0 aliphatic heterocycles. The van der Waals surface area contributed by atoms with Gasteiger partial charge in [-0.3, -0.25) is 4.79 Å². The fourth-order valence-corrected chi connectivity index (χ4v) is 11.8. The highest BCUT2D eigenvalue weighted by Crippen LogP contribution is 2.82. The van der Waals surface area contributed by atoms with E-state index < -0.39 is 11.4 Å². The Bertz CT molecular complexity index is 919. The summed E-state index contributed by atoms with van der Waals surface area (Å²) in [7, 11) is 0. The van der Waals surface area contributed by atoms with Gasteiger partial charge in [0.25, 0.3) is 0 Å². The van der Waals surface area contributed by atoms with Gasteiger partial charge >= 0.3 is 5.97 Å². The molecule has 0 aromatic heterocycles. The molecule has 0 amide bonds. The number of aliphatic carboxylic acids is 1. The van der Waals surface area contributed by atoms with Crippen LogP contribution in [0.2, 0.25) is 0 Å². The van der Waals surface area contributed by atoms with Gasteiger partial charge in [0.05, 0.1) is 11.5 Å². The van der Waals surface area contributed by atoms with Crippen LogP contribution in [0.4, 0.5) is 0 Å². The maximum absolute atomic E-state index is 12.8. The number of allylic oxidation sites excluding steroid dienone is 2. The number of hydrogen-bond donors (Lipinski definition) is 2. The number of aliphatic hydroxyl groups excluding tert-OH is 1. The summed E-state index contributed by atoms with van der Waals surface area (Å²) in [6, 6.07) is 0. The van der Waals surface area contributed by atoms with Crippen LogP contribution in [0.5, 0.6) is 0 Å². The Kier molecular flexibility index (Phi) is 3.97. The van der Waals surface area contributed by atoms with Crippen molar-refractivity contribution >= 4 is 5.97 Å². The lowest BCUT2D eigenvalue weighted by molar-refractivity contribution is -0.204. The molecule has 0 unspecified atom stereocenters. The standard InChI is InChI=1S/C29H44O3/c1-24(2)19-9-12-27(5)20(26(19,4)11-10-22(24)30)8-7-17-18-15-25(3)13-14-29(18,23(31)32)21(25)16-28(17,27)6/h7,18-22,30H,8-16H2,1-6H3,(H,31,32)/t18-,19-,20+,21-,22-,25+,26-,27+,28+,29+/m0/s1. The first-order valence-corrected chi connectivity index (χ1v) is 13.4. The van der Waals surface area contributed by atoms with Crippen molar-refractivity contribution in [3.05, 3.63) is 11.6 Å². The summed E-state index contributed by atoms with van der Waals surface area (Å²) >= 11 is 0. The van der Waals surface area contributed by atoms with Crippen LogP contribution in [0.3, 0.4) is 0 Å². The van der Waals surface area contributed by atoms with E-state index >= 15 is 0 Å². The van der Waals surface area contributed by atoms with Crippen LogP contribution >= 0.6 is 0 Å². The molecule has 0 radical (unpaired) electrons. The van der Waals surface area contributed by atoms with E-state index in [2.05, 4.69) is 47.6 Å². The molecule has 0 aromatic carbocycles. The molecular weight excluding hydrogens is 396 g/mol. The lowest BCUT2D eigenvalue weighted by Crippen LogP contribution is -2.64. The van der Waals surface area contributed by atoms with Gasteiger partial charge in [0, 0.05) is 0 Å². The summed E-state index contributed by atoms with van der Waals surface area (Å²) in [6.07, 6.45) is 12.1. The predicted molar refractivity (Wildman–Crippen MR) is 126 cm³/mol. The summed E-state index contributed by atoms with van der Waals surface area (Å²) < 4.78 is 0. The second kappa shape index (κ2) is 5.86. The molecule has 178 valence electrons. The highest BCUT2D eigenvalue weighted by atomic mass is 16.4.